The zero-order valence-electron chi connectivity index (χ0n) is 9.72. The van der Waals surface area contributed by atoms with E-state index in [1.54, 1.807) is 0 Å². The quantitative estimate of drug-likeness (QED) is 0.713. The number of nitrogens with one attached hydrogen (secondary N) is 1. The van der Waals surface area contributed by atoms with Gasteiger partial charge in [0, 0.05) is 25.7 Å². The molecule has 17 heavy (non-hydrogen) atoms. The zero-order valence-corrected chi connectivity index (χ0v) is 9.72. The second-order valence-corrected chi connectivity index (χ2v) is 4.78. The summed E-state index contributed by atoms with van der Waals surface area (Å²) in [4.78, 5) is 16.6. The third-order valence-corrected chi connectivity index (χ3v) is 3.76. The molecule has 0 aromatic carbocycles. The van der Waals surface area contributed by atoms with Crippen LogP contribution in [0.25, 0.3) is 0 Å². The van der Waals surface area contributed by atoms with Gasteiger partial charge in [-0.25, -0.2) is 0 Å². The van der Waals surface area contributed by atoms with E-state index < -0.39 is 0 Å². The van der Waals surface area contributed by atoms with Crippen molar-refractivity contribution in [3.63, 3.8) is 0 Å². The Labute approximate surface area is 99.8 Å². The van der Waals surface area contributed by atoms with E-state index in [0.29, 0.717) is 17.4 Å². The highest BCUT2D eigenvalue weighted by Gasteiger charge is 2.33. The summed E-state index contributed by atoms with van der Waals surface area (Å²) in [6.45, 7) is 3.76. The van der Waals surface area contributed by atoms with Gasteiger partial charge < -0.3 is 10.6 Å². The first kappa shape index (κ1) is 10.6. The van der Waals surface area contributed by atoms with Crippen molar-refractivity contribution in [3.05, 3.63) is 11.9 Å². The first-order valence-corrected chi connectivity index (χ1v) is 6.08. The van der Waals surface area contributed by atoms with Crippen LogP contribution in [0.2, 0.25) is 0 Å². The van der Waals surface area contributed by atoms with Crippen LogP contribution in [0.5, 0.6) is 0 Å². The van der Waals surface area contributed by atoms with Crippen molar-refractivity contribution < 1.29 is 4.79 Å². The average molecular weight is 235 g/mol. The number of carbonyl (C=O) groups excluding carboxylic acids is 1. The predicted molar refractivity (Wildman–Crippen MR) is 63.5 cm³/mol. The highest BCUT2D eigenvalue weighted by Crippen LogP contribution is 2.22. The fraction of sp³-hybridized carbons (Fsp3) is 0.636. The third kappa shape index (κ3) is 1.78. The molecule has 2 aliphatic heterocycles. The molecule has 1 aromatic rings. The van der Waals surface area contributed by atoms with Gasteiger partial charge in [-0.3, -0.25) is 14.8 Å². The fourth-order valence-corrected chi connectivity index (χ4v) is 2.80. The molecule has 0 bridgehead atoms. The largest absolute Gasteiger partial charge is 0.396 e. The smallest absolute Gasteiger partial charge is 0.274 e. The van der Waals surface area contributed by atoms with Gasteiger partial charge in [-0.05, 0) is 19.4 Å². The predicted octanol–water partition coefficient (Wildman–Crippen LogP) is -0.0879. The number of rotatable bonds is 1. The molecule has 3 rings (SSSR count). The van der Waals surface area contributed by atoms with Gasteiger partial charge in [0.1, 0.15) is 5.69 Å². The van der Waals surface area contributed by atoms with E-state index in [9.17, 15) is 4.79 Å². The summed E-state index contributed by atoms with van der Waals surface area (Å²) in [6.07, 6.45) is 3.93. The van der Waals surface area contributed by atoms with Crippen LogP contribution in [0.3, 0.4) is 0 Å². The Bertz CT molecular complexity index is 429. The molecule has 6 nitrogen and oxygen atoms in total. The van der Waals surface area contributed by atoms with Gasteiger partial charge in [0.15, 0.2) is 0 Å². The van der Waals surface area contributed by atoms with Crippen molar-refractivity contribution in [3.8, 4) is 0 Å². The molecule has 3 N–H and O–H groups in total. The molecule has 0 aliphatic carbocycles. The van der Waals surface area contributed by atoms with E-state index in [4.69, 9.17) is 5.73 Å². The van der Waals surface area contributed by atoms with E-state index in [1.165, 1.54) is 25.6 Å². The Morgan fingerprint density at radius 2 is 2.35 bits per heavy atom. The molecule has 6 heteroatoms. The molecule has 0 spiro atoms. The molecule has 0 radical (unpaired) electrons. The van der Waals surface area contributed by atoms with Gasteiger partial charge in [-0.1, -0.05) is 0 Å². The molecular weight excluding hydrogens is 218 g/mol. The van der Waals surface area contributed by atoms with Crippen LogP contribution in [0.1, 0.15) is 23.3 Å². The van der Waals surface area contributed by atoms with Crippen molar-refractivity contribution >= 4 is 11.6 Å². The summed E-state index contributed by atoms with van der Waals surface area (Å²) in [7, 11) is 0. The maximum Gasteiger partial charge on any atom is 0.274 e. The number of nitrogens with zero attached hydrogens (tertiary/aromatic N) is 3. The average Bonchev–Trinajstić information content (AvgIpc) is 2.95. The first-order valence-electron chi connectivity index (χ1n) is 6.08. The number of anilines is 1. The van der Waals surface area contributed by atoms with Crippen molar-refractivity contribution in [1.82, 2.24) is 20.0 Å². The van der Waals surface area contributed by atoms with Crippen molar-refractivity contribution in [2.45, 2.75) is 18.9 Å². The summed E-state index contributed by atoms with van der Waals surface area (Å²) < 4.78 is 0. The molecule has 1 atom stereocenters. The molecule has 2 saturated heterocycles. The van der Waals surface area contributed by atoms with Gasteiger partial charge >= 0.3 is 0 Å². The van der Waals surface area contributed by atoms with Crippen molar-refractivity contribution in [1.29, 1.82) is 0 Å². The fourth-order valence-electron chi connectivity index (χ4n) is 2.80. The van der Waals surface area contributed by atoms with E-state index >= 15 is 0 Å². The van der Waals surface area contributed by atoms with Crippen molar-refractivity contribution in [2.75, 3.05) is 31.9 Å². The number of nitrogens with two attached hydrogens (primary N) is 1. The summed E-state index contributed by atoms with van der Waals surface area (Å²) in [5, 5.41) is 6.48. The number of carbonyl (C=O) groups is 1. The lowest BCUT2D eigenvalue weighted by atomic mass is 10.1. The minimum Gasteiger partial charge on any atom is -0.396 e. The molecule has 2 fully saturated rings. The van der Waals surface area contributed by atoms with Gasteiger partial charge in [0.05, 0.1) is 11.9 Å². The van der Waals surface area contributed by atoms with Crippen LogP contribution < -0.4 is 5.73 Å². The maximum atomic E-state index is 12.2. The van der Waals surface area contributed by atoms with Crippen LogP contribution in [-0.4, -0.2) is 58.1 Å². The van der Waals surface area contributed by atoms with Gasteiger partial charge in [-0.2, -0.15) is 5.10 Å². The Kier molecular flexibility index (Phi) is 2.51. The minimum atomic E-state index is -0.0217. The lowest BCUT2D eigenvalue weighted by Gasteiger charge is -2.37. The molecule has 3 heterocycles. The number of hydrogen-bond donors (Lipinski definition) is 2. The molecule has 0 saturated carbocycles. The van der Waals surface area contributed by atoms with E-state index in [-0.39, 0.29) is 5.91 Å². The summed E-state index contributed by atoms with van der Waals surface area (Å²) in [6, 6.07) is 0.539. The van der Waals surface area contributed by atoms with E-state index in [0.717, 1.165) is 19.6 Å². The number of aromatic amines is 1. The highest BCUT2D eigenvalue weighted by atomic mass is 16.2. The molecule has 2 aliphatic rings. The van der Waals surface area contributed by atoms with Crippen LogP contribution in [-0.2, 0) is 0 Å². The van der Waals surface area contributed by atoms with E-state index in [1.807, 2.05) is 4.90 Å². The standard InChI is InChI=1S/C11H17N5O/c12-9-6-13-14-10(9)11(17)16-5-4-15-3-1-2-8(15)7-16/h6,8H,1-5,7,12H2,(H,13,14). The molecular formula is C11H17N5O. The number of hydrogen-bond acceptors (Lipinski definition) is 4. The normalized spacial score (nSPS) is 24.9. The Hall–Kier alpha value is -1.56. The van der Waals surface area contributed by atoms with Gasteiger partial charge in [0.25, 0.3) is 5.91 Å². The second-order valence-electron chi connectivity index (χ2n) is 4.78. The summed E-state index contributed by atoms with van der Waals surface area (Å²) >= 11 is 0. The number of piperazine rings is 1. The monoisotopic (exact) mass is 235 g/mol. The molecule has 92 valence electrons. The topological polar surface area (TPSA) is 78.2 Å². The lowest BCUT2D eigenvalue weighted by molar-refractivity contribution is 0.0567. The Morgan fingerprint density at radius 1 is 1.47 bits per heavy atom. The number of aromatic nitrogens is 2. The van der Waals surface area contributed by atoms with Crippen LogP contribution in [0.15, 0.2) is 6.20 Å². The molecule has 1 aromatic heterocycles. The third-order valence-electron chi connectivity index (χ3n) is 3.76. The zero-order chi connectivity index (χ0) is 11.8. The Balaban J connectivity index is 1.73. The number of nitrogen functional groups attached to an aromatic ring is 1. The summed E-state index contributed by atoms with van der Waals surface area (Å²) in [5.41, 5.74) is 6.56. The first-order chi connectivity index (χ1) is 8.25. The maximum absolute atomic E-state index is 12.2. The number of fused-ring (bicyclic) bond motifs is 1. The van der Waals surface area contributed by atoms with Gasteiger partial charge in [0.2, 0.25) is 0 Å². The molecule has 1 unspecified atom stereocenters. The van der Waals surface area contributed by atoms with E-state index in [2.05, 4.69) is 15.1 Å². The van der Waals surface area contributed by atoms with Crippen LogP contribution in [0, 0.1) is 0 Å². The molecule has 1 amide bonds. The minimum absolute atomic E-state index is 0.0217. The van der Waals surface area contributed by atoms with Crippen LogP contribution in [0.4, 0.5) is 5.69 Å². The number of amides is 1. The SMILES string of the molecule is Nc1cn[nH]c1C(=O)N1CCN2CCCC2C1. The second kappa shape index (κ2) is 4.03. The van der Waals surface area contributed by atoms with Crippen molar-refractivity contribution in [2.24, 2.45) is 0 Å². The number of H-pyrrole nitrogens is 1. The Morgan fingerprint density at radius 3 is 3.12 bits per heavy atom. The van der Waals surface area contributed by atoms with Crippen LogP contribution >= 0.6 is 0 Å². The summed E-state index contributed by atoms with van der Waals surface area (Å²) in [5.74, 6) is -0.0217. The lowest BCUT2D eigenvalue weighted by Crippen LogP contribution is -2.52. The highest BCUT2D eigenvalue weighted by molar-refractivity contribution is 5.97. The van der Waals surface area contributed by atoms with Gasteiger partial charge in [-0.15, -0.1) is 0 Å².